The number of aryl methyl sites for hydroxylation is 1. The number of unbranched alkanes of at least 4 members (excludes halogenated alkanes) is 1. The van der Waals surface area contributed by atoms with Crippen molar-refractivity contribution in [2.45, 2.75) is 45.1 Å². The predicted octanol–water partition coefficient (Wildman–Crippen LogP) is 1.01. The maximum atomic E-state index is 12.9. The first-order valence-corrected chi connectivity index (χ1v) is 9.27. The fourth-order valence-corrected chi connectivity index (χ4v) is 3.50. The molecule has 0 spiro atoms. The van der Waals surface area contributed by atoms with E-state index in [1.165, 1.54) is 0 Å². The van der Waals surface area contributed by atoms with Crippen LogP contribution in [0.25, 0.3) is 5.69 Å². The standard InChI is InChI=1S/C19H19N5O4/c1-2-3-4-11-10-23(22-21-11)12-5-6-13-14(9-12)19(28)24(18(13)27)15-7-8-16(25)20-17(15)26/h5-6,9-10,15H,2-4,7-8H2,1H3,(H,20,25,26). The van der Waals surface area contributed by atoms with Gasteiger partial charge in [0.25, 0.3) is 11.8 Å². The van der Waals surface area contributed by atoms with E-state index < -0.39 is 29.7 Å². The average Bonchev–Trinajstić information content (AvgIpc) is 3.24. The zero-order valence-electron chi connectivity index (χ0n) is 15.3. The molecule has 28 heavy (non-hydrogen) atoms. The lowest BCUT2D eigenvalue weighted by Crippen LogP contribution is -2.54. The summed E-state index contributed by atoms with van der Waals surface area (Å²) in [6.07, 6.45) is 4.91. The molecule has 1 atom stereocenters. The number of hydrogen-bond acceptors (Lipinski definition) is 6. The largest absolute Gasteiger partial charge is 0.295 e. The lowest BCUT2D eigenvalue weighted by Gasteiger charge is -2.27. The van der Waals surface area contributed by atoms with Crippen molar-refractivity contribution in [3.63, 3.8) is 0 Å². The van der Waals surface area contributed by atoms with Crippen molar-refractivity contribution < 1.29 is 19.2 Å². The molecule has 1 unspecified atom stereocenters. The van der Waals surface area contributed by atoms with Gasteiger partial charge in [0.1, 0.15) is 6.04 Å². The molecular formula is C19H19N5O4. The van der Waals surface area contributed by atoms with Crippen LogP contribution in [0.5, 0.6) is 0 Å². The second-order valence-corrected chi connectivity index (χ2v) is 6.94. The molecule has 3 heterocycles. The third-order valence-corrected chi connectivity index (χ3v) is 5.02. The van der Waals surface area contributed by atoms with Crippen molar-refractivity contribution in [1.29, 1.82) is 0 Å². The van der Waals surface area contributed by atoms with Gasteiger partial charge in [-0.25, -0.2) is 4.68 Å². The number of benzene rings is 1. The van der Waals surface area contributed by atoms with Crippen molar-refractivity contribution in [2.24, 2.45) is 0 Å². The SMILES string of the molecule is CCCCc1cn(-c2ccc3c(c2)C(=O)N(C2CCC(=O)NC2=O)C3=O)nn1. The second kappa shape index (κ2) is 6.99. The summed E-state index contributed by atoms with van der Waals surface area (Å²) < 4.78 is 1.57. The number of nitrogens with zero attached hydrogens (tertiary/aromatic N) is 4. The van der Waals surface area contributed by atoms with Gasteiger partial charge in [-0.1, -0.05) is 18.6 Å². The second-order valence-electron chi connectivity index (χ2n) is 6.94. The van der Waals surface area contributed by atoms with Gasteiger partial charge in [-0.3, -0.25) is 29.4 Å². The topological polar surface area (TPSA) is 114 Å². The lowest BCUT2D eigenvalue weighted by atomic mass is 10.0. The molecule has 4 amide bonds. The molecule has 9 nitrogen and oxygen atoms in total. The van der Waals surface area contributed by atoms with E-state index in [-0.39, 0.29) is 24.0 Å². The summed E-state index contributed by atoms with van der Waals surface area (Å²) in [6.45, 7) is 2.10. The highest BCUT2D eigenvalue weighted by Crippen LogP contribution is 2.29. The van der Waals surface area contributed by atoms with Crippen molar-refractivity contribution in [2.75, 3.05) is 0 Å². The van der Waals surface area contributed by atoms with Gasteiger partial charge in [-0.2, -0.15) is 0 Å². The maximum absolute atomic E-state index is 12.9. The zero-order chi connectivity index (χ0) is 19.8. The Hall–Kier alpha value is -3.36. The summed E-state index contributed by atoms with van der Waals surface area (Å²) in [5.74, 6) is -2.08. The Bertz CT molecular complexity index is 996. The molecule has 9 heteroatoms. The molecule has 1 fully saturated rings. The number of carbonyl (C=O) groups is 4. The third-order valence-electron chi connectivity index (χ3n) is 5.02. The van der Waals surface area contributed by atoms with Crippen LogP contribution in [0.2, 0.25) is 0 Å². The van der Waals surface area contributed by atoms with Crippen molar-refractivity contribution in [3.8, 4) is 5.69 Å². The van der Waals surface area contributed by atoms with Gasteiger partial charge in [0.2, 0.25) is 11.8 Å². The Morgan fingerprint density at radius 2 is 1.93 bits per heavy atom. The van der Waals surface area contributed by atoms with Crippen LogP contribution in [0.3, 0.4) is 0 Å². The minimum Gasteiger partial charge on any atom is -0.295 e. The summed E-state index contributed by atoms with van der Waals surface area (Å²) in [6, 6.07) is 3.86. The van der Waals surface area contributed by atoms with Gasteiger partial charge in [0.05, 0.1) is 28.7 Å². The maximum Gasteiger partial charge on any atom is 0.262 e. The summed E-state index contributed by atoms with van der Waals surface area (Å²) >= 11 is 0. The number of amides is 4. The molecule has 2 aliphatic heterocycles. The van der Waals surface area contributed by atoms with E-state index in [2.05, 4.69) is 22.6 Å². The van der Waals surface area contributed by atoms with Crippen LogP contribution in [-0.4, -0.2) is 49.6 Å². The van der Waals surface area contributed by atoms with E-state index >= 15 is 0 Å². The van der Waals surface area contributed by atoms with Gasteiger partial charge < -0.3 is 0 Å². The molecule has 1 saturated heterocycles. The first-order valence-electron chi connectivity index (χ1n) is 9.27. The first kappa shape index (κ1) is 18.0. The molecule has 1 N–H and O–H groups in total. The lowest BCUT2D eigenvalue weighted by molar-refractivity contribution is -0.136. The minimum absolute atomic E-state index is 0.0918. The number of imide groups is 2. The molecule has 0 aliphatic carbocycles. The average molecular weight is 381 g/mol. The van der Waals surface area contributed by atoms with E-state index in [4.69, 9.17) is 0 Å². The van der Waals surface area contributed by atoms with Crippen LogP contribution in [-0.2, 0) is 16.0 Å². The minimum atomic E-state index is -0.972. The van der Waals surface area contributed by atoms with E-state index in [1.54, 1.807) is 29.1 Å². The third kappa shape index (κ3) is 2.98. The van der Waals surface area contributed by atoms with Crippen LogP contribution < -0.4 is 5.32 Å². The summed E-state index contributed by atoms with van der Waals surface area (Å²) in [5.41, 5.74) is 1.93. The number of nitrogens with one attached hydrogen (secondary N) is 1. The van der Waals surface area contributed by atoms with Crippen LogP contribution in [0, 0.1) is 0 Å². The van der Waals surface area contributed by atoms with Crippen LogP contribution >= 0.6 is 0 Å². The Morgan fingerprint density at radius 3 is 2.68 bits per heavy atom. The molecule has 0 radical (unpaired) electrons. The monoisotopic (exact) mass is 381 g/mol. The van der Waals surface area contributed by atoms with Gasteiger partial charge in [-0.15, -0.1) is 5.10 Å². The molecule has 2 aromatic rings. The Morgan fingerprint density at radius 1 is 1.14 bits per heavy atom. The quantitative estimate of drug-likeness (QED) is 0.773. The molecule has 144 valence electrons. The van der Waals surface area contributed by atoms with Crippen molar-refractivity contribution in [1.82, 2.24) is 25.2 Å². The van der Waals surface area contributed by atoms with Gasteiger partial charge in [-0.05, 0) is 37.5 Å². The molecular weight excluding hydrogens is 362 g/mol. The summed E-state index contributed by atoms with van der Waals surface area (Å²) in [7, 11) is 0. The Kier molecular flexibility index (Phi) is 4.50. The summed E-state index contributed by atoms with van der Waals surface area (Å²) in [5, 5.41) is 10.4. The highest BCUT2D eigenvalue weighted by atomic mass is 16.2. The van der Waals surface area contributed by atoms with E-state index in [1.807, 2.05) is 0 Å². The number of fused-ring (bicyclic) bond motifs is 1. The Balaban J connectivity index is 1.61. The van der Waals surface area contributed by atoms with E-state index in [9.17, 15) is 19.2 Å². The van der Waals surface area contributed by atoms with Crippen molar-refractivity contribution >= 4 is 23.6 Å². The molecule has 0 saturated carbocycles. The van der Waals surface area contributed by atoms with Gasteiger partial charge in [0, 0.05) is 6.42 Å². The molecule has 1 aromatic carbocycles. The highest BCUT2D eigenvalue weighted by molar-refractivity contribution is 6.23. The molecule has 4 rings (SSSR count). The molecule has 0 bridgehead atoms. The predicted molar refractivity (Wildman–Crippen MR) is 96.6 cm³/mol. The number of carbonyl (C=O) groups excluding carboxylic acids is 4. The normalized spacial score (nSPS) is 19.2. The number of aromatic nitrogens is 3. The molecule has 2 aliphatic rings. The van der Waals surface area contributed by atoms with Crippen LogP contribution in [0.15, 0.2) is 24.4 Å². The Labute approximate surface area is 160 Å². The highest BCUT2D eigenvalue weighted by Gasteiger charge is 2.44. The summed E-state index contributed by atoms with van der Waals surface area (Å²) in [4.78, 5) is 50.0. The number of hydrogen-bond donors (Lipinski definition) is 1. The zero-order valence-corrected chi connectivity index (χ0v) is 15.3. The fraction of sp³-hybridized carbons (Fsp3) is 0.368. The van der Waals surface area contributed by atoms with Gasteiger partial charge in [0.15, 0.2) is 0 Å². The fourth-order valence-electron chi connectivity index (χ4n) is 3.50. The van der Waals surface area contributed by atoms with Gasteiger partial charge >= 0.3 is 0 Å². The molecule has 1 aromatic heterocycles. The first-order chi connectivity index (χ1) is 13.5. The van der Waals surface area contributed by atoms with E-state index in [0.717, 1.165) is 29.9 Å². The van der Waals surface area contributed by atoms with Crippen LogP contribution in [0.4, 0.5) is 0 Å². The van der Waals surface area contributed by atoms with E-state index in [0.29, 0.717) is 5.69 Å². The van der Waals surface area contributed by atoms with Crippen LogP contribution in [0.1, 0.15) is 59.0 Å². The number of piperidine rings is 1. The number of rotatable bonds is 5. The smallest absolute Gasteiger partial charge is 0.262 e. The van der Waals surface area contributed by atoms with Crippen molar-refractivity contribution in [3.05, 3.63) is 41.2 Å².